The average molecular weight is 443 g/mol. The molecular weight excluding hydrogens is 416 g/mol. The van der Waals surface area contributed by atoms with E-state index in [-0.39, 0.29) is 0 Å². The molecule has 33 heavy (non-hydrogen) atoms. The van der Waals surface area contributed by atoms with Crippen LogP contribution in [-0.4, -0.2) is 51.9 Å². The van der Waals surface area contributed by atoms with E-state index in [9.17, 15) is 0 Å². The molecule has 0 aliphatic heterocycles. The molecule has 4 rings (SSSR count). The van der Waals surface area contributed by atoms with Crippen LogP contribution in [0.15, 0.2) is 54.9 Å². The number of aromatic nitrogens is 5. The summed E-state index contributed by atoms with van der Waals surface area (Å²) in [5, 5.41) is 19.5. The van der Waals surface area contributed by atoms with Crippen LogP contribution >= 0.6 is 0 Å². The Morgan fingerprint density at radius 2 is 2.09 bits per heavy atom. The number of allylic oxidation sites excluding steroid dienone is 1. The van der Waals surface area contributed by atoms with E-state index in [0.717, 1.165) is 41.0 Å². The fourth-order valence-corrected chi connectivity index (χ4v) is 3.50. The molecule has 0 amide bonds. The molecule has 168 valence electrons. The van der Waals surface area contributed by atoms with E-state index in [1.807, 2.05) is 55.7 Å². The number of nitrogens with two attached hydrogens (primary N) is 1. The topological polar surface area (TPSA) is 128 Å². The summed E-state index contributed by atoms with van der Waals surface area (Å²) < 4.78 is 7.00. The number of hydrogen-bond acceptors (Lipinski definition) is 8. The second-order valence-electron chi connectivity index (χ2n) is 7.53. The summed E-state index contributed by atoms with van der Waals surface area (Å²) in [6, 6.07) is 13.4. The first-order chi connectivity index (χ1) is 16.1. The Bertz CT molecular complexity index is 1310. The Morgan fingerprint density at radius 3 is 2.88 bits per heavy atom. The Hall–Kier alpha value is -3.95. The third-order valence-electron chi connectivity index (χ3n) is 5.22. The standard InChI is InChI=1S/C24H26N8O/c1-27-8-9-32-14-23(30-31-32)18-11-22-21(28-13-18)7-6-20(29-22)19(12-25)24(26)17-5-3-4-16(10-17)15-33-2/h3-7,10-14,25,27H,8-9,15,26H2,1-2H3. The molecule has 9 nitrogen and oxygen atoms in total. The molecule has 0 atom stereocenters. The van der Waals surface area contributed by atoms with E-state index in [1.165, 1.54) is 6.21 Å². The molecule has 1 aromatic carbocycles. The normalized spacial score (nSPS) is 12.1. The lowest BCUT2D eigenvalue weighted by Gasteiger charge is -2.10. The number of nitrogens with zero attached hydrogens (tertiary/aromatic N) is 5. The number of nitrogens with one attached hydrogen (secondary N) is 2. The van der Waals surface area contributed by atoms with E-state index >= 15 is 0 Å². The Labute approximate surface area is 191 Å². The smallest absolute Gasteiger partial charge is 0.114 e. The van der Waals surface area contributed by atoms with Crippen LogP contribution in [0.3, 0.4) is 0 Å². The summed E-state index contributed by atoms with van der Waals surface area (Å²) in [5.74, 6) is 0. The molecule has 4 aromatic rings. The van der Waals surface area contributed by atoms with Crippen LogP contribution in [0.4, 0.5) is 0 Å². The van der Waals surface area contributed by atoms with Gasteiger partial charge in [-0.25, -0.2) is 4.98 Å². The molecular formula is C24H26N8O. The SMILES string of the molecule is CNCCn1cc(-c2cnc3ccc(C(C=N)=C(N)c4cccc(COC)c4)nc3c2)nn1. The van der Waals surface area contributed by atoms with Crippen LogP contribution < -0.4 is 11.1 Å². The van der Waals surface area contributed by atoms with Crippen LogP contribution in [0.5, 0.6) is 0 Å². The molecule has 0 bridgehead atoms. The van der Waals surface area contributed by atoms with Gasteiger partial charge < -0.3 is 21.2 Å². The lowest BCUT2D eigenvalue weighted by molar-refractivity contribution is 0.185. The molecule has 0 radical (unpaired) electrons. The zero-order valence-electron chi connectivity index (χ0n) is 18.6. The predicted molar refractivity (Wildman–Crippen MR) is 129 cm³/mol. The van der Waals surface area contributed by atoms with Crippen LogP contribution in [0, 0.1) is 5.41 Å². The molecule has 3 heterocycles. The van der Waals surface area contributed by atoms with Crippen LogP contribution in [0.2, 0.25) is 0 Å². The van der Waals surface area contributed by atoms with Crippen molar-refractivity contribution in [3.05, 3.63) is 71.7 Å². The first-order valence-electron chi connectivity index (χ1n) is 10.5. The van der Waals surface area contributed by atoms with Crippen molar-refractivity contribution in [2.24, 2.45) is 5.73 Å². The number of hydrogen-bond donors (Lipinski definition) is 3. The van der Waals surface area contributed by atoms with E-state index in [1.54, 1.807) is 18.0 Å². The van der Waals surface area contributed by atoms with Gasteiger partial charge in [0.15, 0.2) is 0 Å². The van der Waals surface area contributed by atoms with Gasteiger partial charge in [-0.05, 0) is 42.4 Å². The highest BCUT2D eigenvalue weighted by atomic mass is 16.5. The summed E-state index contributed by atoms with van der Waals surface area (Å²) in [6.45, 7) is 2.02. The summed E-state index contributed by atoms with van der Waals surface area (Å²) in [6.07, 6.45) is 4.88. The van der Waals surface area contributed by atoms with Crippen molar-refractivity contribution in [3.63, 3.8) is 0 Å². The van der Waals surface area contributed by atoms with Crippen molar-refractivity contribution in [3.8, 4) is 11.3 Å². The number of methoxy groups -OCH3 is 1. The van der Waals surface area contributed by atoms with Crippen molar-refractivity contribution >= 4 is 28.5 Å². The zero-order chi connectivity index (χ0) is 23.2. The second kappa shape index (κ2) is 10.1. The summed E-state index contributed by atoms with van der Waals surface area (Å²) in [4.78, 5) is 9.27. The van der Waals surface area contributed by atoms with Gasteiger partial charge in [0.2, 0.25) is 0 Å². The Kier molecular flexibility index (Phi) is 6.82. The number of fused-ring (bicyclic) bond motifs is 1. The fourth-order valence-electron chi connectivity index (χ4n) is 3.50. The maximum absolute atomic E-state index is 7.99. The van der Waals surface area contributed by atoms with E-state index < -0.39 is 0 Å². The Balaban J connectivity index is 1.71. The number of rotatable bonds is 9. The van der Waals surface area contributed by atoms with E-state index in [4.69, 9.17) is 20.9 Å². The van der Waals surface area contributed by atoms with Gasteiger partial charge in [-0.3, -0.25) is 9.67 Å². The number of ether oxygens (including phenoxy) is 1. The van der Waals surface area contributed by atoms with Gasteiger partial charge in [0.25, 0.3) is 0 Å². The lowest BCUT2D eigenvalue weighted by Crippen LogP contribution is -2.15. The lowest BCUT2D eigenvalue weighted by atomic mass is 10.0. The van der Waals surface area contributed by atoms with E-state index in [0.29, 0.717) is 29.1 Å². The third-order valence-corrected chi connectivity index (χ3v) is 5.22. The summed E-state index contributed by atoms with van der Waals surface area (Å²) in [5.41, 5.74) is 12.9. The van der Waals surface area contributed by atoms with Crippen LogP contribution in [0.25, 0.3) is 33.6 Å². The zero-order valence-corrected chi connectivity index (χ0v) is 18.6. The highest BCUT2D eigenvalue weighted by Crippen LogP contribution is 2.25. The van der Waals surface area contributed by atoms with Crippen molar-refractivity contribution in [1.29, 1.82) is 5.41 Å². The molecule has 9 heteroatoms. The molecule has 0 saturated heterocycles. The van der Waals surface area contributed by atoms with Gasteiger partial charge in [0.1, 0.15) is 5.69 Å². The number of benzene rings is 1. The highest BCUT2D eigenvalue weighted by Gasteiger charge is 2.12. The van der Waals surface area contributed by atoms with Gasteiger partial charge in [-0.15, -0.1) is 5.10 Å². The minimum absolute atomic E-state index is 0.478. The Morgan fingerprint density at radius 1 is 1.21 bits per heavy atom. The monoisotopic (exact) mass is 442 g/mol. The largest absolute Gasteiger partial charge is 0.398 e. The predicted octanol–water partition coefficient (Wildman–Crippen LogP) is 2.73. The first-order valence-corrected chi connectivity index (χ1v) is 10.5. The second-order valence-corrected chi connectivity index (χ2v) is 7.53. The fraction of sp³-hybridized carbons (Fsp3) is 0.208. The van der Waals surface area contributed by atoms with Crippen molar-refractivity contribution in [2.45, 2.75) is 13.2 Å². The van der Waals surface area contributed by atoms with Gasteiger partial charge in [0.05, 0.1) is 36.1 Å². The van der Waals surface area contributed by atoms with Crippen LogP contribution in [0.1, 0.15) is 16.8 Å². The minimum Gasteiger partial charge on any atom is -0.398 e. The van der Waals surface area contributed by atoms with Crippen molar-refractivity contribution < 1.29 is 4.74 Å². The van der Waals surface area contributed by atoms with Crippen molar-refractivity contribution in [2.75, 3.05) is 20.7 Å². The summed E-state index contributed by atoms with van der Waals surface area (Å²) >= 11 is 0. The minimum atomic E-state index is 0.478. The quantitative estimate of drug-likeness (QED) is 0.340. The van der Waals surface area contributed by atoms with Gasteiger partial charge >= 0.3 is 0 Å². The van der Waals surface area contributed by atoms with Crippen LogP contribution in [-0.2, 0) is 17.9 Å². The number of pyridine rings is 2. The number of likely N-dealkylation sites (N-methyl/N-ethyl adjacent to an activating group) is 1. The van der Waals surface area contributed by atoms with Gasteiger partial charge in [-0.2, -0.15) is 0 Å². The first kappa shape index (κ1) is 22.3. The van der Waals surface area contributed by atoms with Gasteiger partial charge in [0, 0.05) is 42.9 Å². The molecule has 0 aliphatic rings. The molecule has 3 aromatic heterocycles. The summed E-state index contributed by atoms with van der Waals surface area (Å²) in [7, 11) is 3.55. The molecule has 0 spiro atoms. The van der Waals surface area contributed by atoms with E-state index in [2.05, 4.69) is 20.6 Å². The van der Waals surface area contributed by atoms with Crippen molar-refractivity contribution in [1.82, 2.24) is 30.3 Å². The molecule has 0 aliphatic carbocycles. The average Bonchev–Trinajstić information content (AvgIpc) is 3.32. The maximum Gasteiger partial charge on any atom is 0.114 e. The molecule has 0 unspecified atom stereocenters. The highest BCUT2D eigenvalue weighted by molar-refractivity contribution is 6.17. The maximum atomic E-state index is 7.99. The molecule has 0 saturated carbocycles. The third kappa shape index (κ3) is 4.94. The molecule has 4 N–H and O–H groups in total. The van der Waals surface area contributed by atoms with Gasteiger partial charge in [-0.1, -0.05) is 23.4 Å². The molecule has 0 fully saturated rings.